The molecule has 2 unspecified atom stereocenters. The molecule has 1 aromatic carbocycles. The Labute approximate surface area is 141 Å². The van der Waals surface area contributed by atoms with Crippen molar-refractivity contribution in [1.29, 1.82) is 0 Å². The molecule has 1 amide bonds. The van der Waals surface area contributed by atoms with Gasteiger partial charge < -0.3 is 10.4 Å². The van der Waals surface area contributed by atoms with E-state index in [0.29, 0.717) is 24.9 Å². The van der Waals surface area contributed by atoms with Crippen LogP contribution in [0, 0.1) is 11.8 Å². The largest absolute Gasteiger partial charge is 0.481 e. The van der Waals surface area contributed by atoms with Crippen molar-refractivity contribution in [3.63, 3.8) is 0 Å². The van der Waals surface area contributed by atoms with Crippen molar-refractivity contribution in [2.45, 2.75) is 32.2 Å². The van der Waals surface area contributed by atoms with Gasteiger partial charge in [-0.2, -0.15) is 0 Å². The molecule has 2 atom stereocenters. The summed E-state index contributed by atoms with van der Waals surface area (Å²) in [4.78, 5) is 23.4. The predicted octanol–water partition coefficient (Wildman–Crippen LogP) is 1.57. The van der Waals surface area contributed by atoms with Gasteiger partial charge in [-0.1, -0.05) is 18.6 Å². The maximum absolute atomic E-state index is 12.3. The number of sulfonamides is 1. The van der Waals surface area contributed by atoms with E-state index < -0.39 is 21.9 Å². The van der Waals surface area contributed by atoms with Gasteiger partial charge in [0.15, 0.2) is 0 Å². The van der Waals surface area contributed by atoms with Crippen LogP contribution in [0.25, 0.3) is 0 Å². The molecule has 8 heteroatoms. The van der Waals surface area contributed by atoms with Gasteiger partial charge in [-0.05, 0) is 37.0 Å². The minimum Gasteiger partial charge on any atom is -0.481 e. The number of carboxylic acid groups (broad SMARTS) is 1. The molecule has 1 saturated carbocycles. The fourth-order valence-corrected chi connectivity index (χ4v) is 3.25. The summed E-state index contributed by atoms with van der Waals surface area (Å²) in [6.07, 6.45) is 3.53. The van der Waals surface area contributed by atoms with E-state index in [9.17, 15) is 18.0 Å². The molecule has 0 aliphatic heterocycles. The van der Waals surface area contributed by atoms with Crippen molar-refractivity contribution < 1.29 is 23.1 Å². The Morgan fingerprint density at radius 2 is 1.79 bits per heavy atom. The molecule has 2 rings (SSSR count). The molecular weight excluding hydrogens is 332 g/mol. The van der Waals surface area contributed by atoms with Gasteiger partial charge in [-0.15, -0.1) is 0 Å². The van der Waals surface area contributed by atoms with Crippen molar-refractivity contribution >= 4 is 27.6 Å². The minimum absolute atomic E-state index is 0.164. The van der Waals surface area contributed by atoms with Gasteiger partial charge in [-0.3, -0.25) is 9.59 Å². The molecule has 0 radical (unpaired) electrons. The highest BCUT2D eigenvalue weighted by Gasteiger charge is 2.30. The van der Waals surface area contributed by atoms with Crippen LogP contribution >= 0.6 is 0 Å². The highest BCUT2D eigenvalue weighted by atomic mass is 32.2. The van der Waals surface area contributed by atoms with E-state index in [1.54, 1.807) is 24.3 Å². The van der Waals surface area contributed by atoms with Gasteiger partial charge >= 0.3 is 5.97 Å². The quantitative estimate of drug-likeness (QED) is 0.718. The number of carbonyl (C=O) groups is 2. The van der Waals surface area contributed by atoms with Crippen molar-refractivity contribution in [3.05, 3.63) is 29.8 Å². The summed E-state index contributed by atoms with van der Waals surface area (Å²) in [5.41, 5.74) is 1.39. The summed E-state index contributed by atoms with van der Waals surface area (Å²) in [7, 11) is -3.25. The number of hydrogen-bond acceptors (Lipinski definition) is 4. The number of nitrogens with one attached hydrogen (secondary N) is 2. The van der Waals surface area contributed by atoms with E-state index in [1.165, 1.54) is 0 Å². The van der Waals surface area contributed by atoms with Crippen LogP contribution < -0.4 is 10.0 Å². The van der Waals surface area contributed by atoms with Crippen molar-refractivity contribution in [1.82, 2.24) is 4.72 Å². The van der Waals surface area contributed by atoms with Gasteiger partial charge in [0.05, 0.1) is 12.2 Å². The maximum atomic E-state index is 12.3. The fourth-order valence-electron chi connectivity index (χ4n) is 2.82. The summed E-state index contributed by atoms with van der Waals surface area (Å²) in [6.45, 7) is 0.190. The van der Waals surface area contributed by atoms with Crippen molar-refractivity contribution in [3.8, 4) is 0 Å². The maximum Gasteiger partial charge on any atom is 0.306 e. The van der Waals surface area contributed by atoms with E-state index >= 15 is 0 Å². The Morgan fingerprint density at radius 1 is 1.17 bits per heavy atom. The number of carboxylic acids is 1. The van der Waals surface area contributed by atoms with E-state index in [0.717, 1.165) is 18.2 Å². The number of amides is 1. The molecule has 0 aromatic heterocycles. The number of aliphatic carboxylic acids is 1. The third-order valence-corrected chi connectivity index (χ3v) is 4.82. The second-order valence-corrected chi connectivity index (χ2v) is 8.01. The molecule has 3 N–H and O–H groups in total. The molecule has 24 heavy (non-hydrogen) atoms. The molecular formula is C16H22N2O5S. The van der Waals surface area contributed by atoms with Crippen LogP contribution in [0.2, 0.25) is 0 Å². The second kappa shape index (κ2) is 7.76. The first-order valence-electron chi connectivity index (χ1n) is 7.82. The van der Waals surface area contributed by atoms with Crippen molar-refractivity contribution in [2.75, 3.05) is 11.6 Å². The first-order chi connectivity index (χ1) is 11.2. The lowest BCUT2D eigenvalue weighted by atomic mass is 9.81. The summed E-state index contributed by atoms with van der Waals surface area (Å²) in [6, 6.07) is 6.87. The van der Waals surface area contributed by atoms with Crippen LogP contribution in [-0.4, -0.2) is 31.7 Å². The lowest BCUT2D eigenvalue weighted by Gasteiger charge is -2.25. The van der Waals surface area contributed by atoms with Gasteiger partial charge in [0, 0.05) is 18.2 Å². The van der Waals surface area contributed by atoms with E-state index in [1.807, 2.05) is 0 Å². The van der Waals surface area contributed by atoms with Crippen LogP contribution in [0.1, 0.15) is 31.2 Å². The van der Waals surface area contributed by atoms with Crippen LogP contribution in [0.5, 0.6) is 0 Å². The smallest absolute Gasteiger partial charge is 0.306 e. The Hall–Kier alpha value is -1.93. The first kappa shape index (κ1) is 18.4. The third kappa shape index (κ3) is 5.61. The molecule has 1 aromatic rings. The van der Waals surface area contributed by atoms with Gasteiger partial charge in [0.1, 0.15) is 0 Å². The Balaban J connectivity index is 1.91. The van der Waals surface area contributed by atoms with Crippen LogP contribution in [0.15, 0.2) is 24.3 Å². The van der Waals surface area contributed by atoms with Gasteiger partial charge in [0.2, 0.25) is 15.9 Å². The van der Waals surface area contributed by atoms with E-state index in [-0.39, 0.29) is 18.4 Å². The molecule has 0 saturated heterocycles. The molecule has 1 fully saturated rings. The molecule has 1 aliphatic carbocycles. The average Bonchev–Trinajstić information content (AvgIpc) is 2.53. The number of benzene rings is 1. The second-order valence-electron chi connectivity index (χ2n) is 6.18. The Morgan fingerprint density at radius 3 is 2.38 bits per heavy atom. The molecule has 1 aliphatic rings. The number of carbonyl (C=O) groups excluding carboxylic acids is 1. The molecule has 0 heterocycles. The number of anilines is 1. The standard InChI is InChI=1S/C16H22N2O5S/c1-24(22,23)17-10-11-5-7-14(8-6-11)18-15(19)12-3-2-4-13(9-12)16(20)21/h5-8,12-13,17H,2-4,9-10H2,1H3,(H,18,19)(H,20,21). The Bertz CT molecular complexity index is 700. The molecule has 0 bridgehead atoms. The highest BCUT2D eigenvalue weighted by molar-refractivity contribution is 7.88. The topological polar surface area (TPSA) is 113 Å². The van der Waals surface area contributed by atoms with Crippen LogP contribution in [0.3, 0.4) is 0 Å². The lowest BCUT2D eigenvalue weighted by Crippen LogP contribution is -2.30. The van der Waals surface area contributed by atoms with Crippen molar-refractivity contribution in [2.24, 2.45) is 11.8 Å². The minimum atomic E-state index is -3.25. The summed E-state index contributed by atoms with van der Waals surface area (Å²) < 4.78 is 24.5. The summed E-state index contributed by atoms with van der Waals surface area (Å²) in [5.74, 6) is -1.73. The molecule has 7 nitrogen and oxygen atoms in total. The lowest BCUT2D eigenvalue weighted by molar-refractivity contribution is -0.143. The van der Waals surface area contributed by atoms with Crippen LogP contribution in [-0.2, 0) is 26.2 Å². The zero-order valence-electron chi connectivity index (χ0n) is 13.5. The number of rotatable bonds is 6. The van der Waals surface area contributed by atoms with E-state index in [4.69, 9.17) is 5.11 Å². The van der Waals surface area contributed by atoms with Gasteiger partial charge in [0.25, 0.3) is 0 Å². The Kier molecular flexibility index (Phi) is 5.95. The summed E-state index contributed by atoms with van der Waals surface area (Å²) in [5, 5.41) is 11.9. The predicted molar refractivity (Wildman–Crippen MR) is 89.8 cm³/mol. The molecule has 0 spiro atoms. The normalized spacial score (nSPS) is 21.2. The van der Waals surface area contributed by atoms with E-state index in [2.05, 4.69) is 10.0 Å². The highest BCUT2D eigenvalue weighted by Crippen LogP contribution is 2.30. The number of hydrogen-bond donors (Lipinski definition) is 3. The average molecular weight is 354 g/mol. The third-order valence-electron chi connectivity index (χ3n) is 4.15. The van der Waals surface area contributed by atoms with Gasteiger partial charge in [-0.25, -0.2) is 13.1 Å². The molecule has 132 valence electrons. The zero-order chi connectivity index (χ0) is 17.7. The zero-order valence-corrected chi connectivity index (χ0v) is 14.3. The summed E-state index contributed by atoms with van der Waals surface area (Å²) >= 11 is 0. The SMILES string of the molecule is CS(=O)(=O)NCc1ccc(NC(=O)C2CCCC(C(=O)O)C2)cc1. The monoisotopic (exact) mass is 354 g/mol. The first-order valence-corrected chi connectivity index (χ1v) is 9.71. The van der Waals surface area contributed by atoms with Crippen LogP contribution in [0.4, 0.5) is 5.69 Å². The fraction of sp³-hybridized carbons (Fsp3) is 0.500.